The Bertz CT molecular complexity index is 2300. The van der Waals surface area contributed by atoms with Crippen molar-refractivity contribution in [2.45, 2.75) is 0 Å². The van der Waals surface area contributed by atoms with Crippen LogP contribution in [0.4, 0.5) is 0 Å². The van der Waals surface area contributed by atoms with Gasteiger partial charge in [0.2, 0.25) is 0 Å². The standard InChI is InChI=1S/C40H25N5/c1-3-11-26(12-4-1)38-42-39(27-13-5-2-6-14-27)44-40(43-38)28-20-22-29(23-21-28)45-25-34-36-32(17-9-19-35(36)45)30-15-7-8-16-31(30)33-18-10-24-41-37(33)34/h1-25H. The molecule has 5 aromatic carbocycles. The molecule has 9 rings (SSSR count). The second-order valence-corrected chi connectivity index (χ2v) is 11.1. The Morgan fingerprint density at radius 3 is 1.58 bits per heavy atom. The molecule has 0 radical (unpaired) electrons. The van der Waals surface area contributed by atoms with E-state index < -0.39 is 0 Å². The van der Waals surface area contributed by atoms with Crippen molar-refractivity contribution in [1.29, 1.82) is 0 Å². The second-order valence-electron chi connectivity index (χ2n) is 11.1. The summed E-state index contributed by atoms with van der Waals surface area (Å²) in [6.45, 7) is 0. The third-order valence-corrected chi connectivity index (χ3v) is 8.50. The molecule has 0 fully saturated rings. The van der Waals surface area contributed by atoms with E-state index >= 15 is 0 Å². The van der Waals surface area contributed by atoms with E-state index in [0.717, 1.165) is 44.7 Å². The van der Waals surface area contributed by atoms with E-state index in [2.05, 4.69) is 83.6 Å². The number of aromatic nitrogens is 5. The average molecular weight is 576 g/mol. The lowest BCUT2D eigenvalue weighted by Crippen LogP contribution is -2.00. The fourth-order valence-electron chi connectivity index (χ4n) is 6.40. The van der Waals surface area contributed by atoms with Crippen molar-refractivity contribution < 1.29 is 0 Å². The van der Waals surface area contributed by atoms with Crippen molar-refractivity contribution in [2.24, 2.45) is 0 Å². The van der Waals surface area contributed by atoms with Crippen LogP contribution in [0.1, 0.15) is 0 Å². The van der Waals surface area contributed by atoms with Gasteiger partial charge in [-0.2, -0.15) is 0 Å². The summed E-state index contributed by atoms with van der Waals surface area (Å²) in [6, 6.07) is 48.0. The van der Waals surface area contributed by atoms with Crippen LogP contribution in [0, 0.1) is 0 Å². The zero-order valence-corrected chi connectivity index (χ0v) is 24.2. The van der Waals surface area contributed by atoms with Crippen LogP contribution in [0.15, 0.2) is 152 Å². The molecule has 3 aromatic heterocycles. The van der Waals surface area contributed by atoms with Crippen LogP contribution in [0.2, 0.25) is 0 Å². The second kappa shape index (κ2) is 10.2. The number of fused-ring (bicyclic) bond motifs is 5. The highest BCUT2D eigenvalue weighted by Gasteiger charge is 2.24. The molecule has 0 spiro atoms. The molecule has 0 N–H and O–H groups in total. The number of nitrogens with zero attached hydrogens (tertiary/aromatic N) is 5. The van der Waals surface area contributed by atoms with E-state index in [0.29, 0.717) is 17.5 Å². The number of hydrogen-bond acceptors (Lipinski definition) is 4. The molecule has 0 saturated heterocycles. The van der Waals surface area contributed by atoms with Gasteiger partial charge >= 0.3 is 0 Å². The molecule has 0 aliphatic heterocycles. The van der Waals surface area contributed by atoms with Crippen LogP contribution in [0.25, 0.3) is 84.3 Å². The predicted molar refractivity (Wildman–Crippen MR) is 181 cm³/mol. The lowest BCUT2D eigenvalue weighted by molar-refractivity contribution is 1.07. The SMILES string of the molecule is c1ccc(-c2nc(-c3ccccc3)nc(-c3ccc(-n4cc5c6c(cccc64)-c4ccccc4-c4cccnc4-5)cc3)n2)cc1. The van der Waals surface area contributed by atoms with Crippen LogP contribution in [0.5, 0.6) is 0 Å². The van der Waals surface area contributed by atoms with Crippen LogP contribution in [-0.4, -0.2) is 24.5 Å². The summed E-state index contributed by atoms with van der Waals surface area (Å²) < 4.78 is 2.27. The van der Waals surface area contributed by atoms with Crippen molar-refractivity contribution in [3.8, 4) is 73.4 Å². The Kier molecular flexibility index (Phi) is 5.74. The van der Waals surface area contributed by atoms with E-state index in [1.165, 1.54) is 22.1 Å². The summed E-state index contributed by atoms with van der Waals surface area (Å²) >= 11 is 0. The van der Waals surface area contributed by atoms with Gasteiger partial charge in [0.1, 0.15) is 0 Å². The van der Waals surface area contributed by atoms with Gasteiger partial charge in [-0.15, -0.1) is 0 Å². The maximum atomic E-state index is 4.91. The lowest BCUT2D eigenvalue weighted by atomic mass is 9.95. The molecule has 1 aliphatic carbocycles. The summed E-state index contributed by atoms with van der Waals surface area (Å²) in [5.74, 6) is 1.94. The summed E-state index contributed by atoms with van der Waals surface area (Å²) in [6.07, 6.45) is 4.11. The number of hydrogen-bond donors (Lipinski definition) is 0. The monoisotopic (exact) mass is 575 g/mol. The molecule has 1 aliphatic rings. The van der Waals surface area contributed by atoms with Gasteiger partial charge in [-0.3, -0.25) is 4.98 Å². The highest BCUT2D eigenvalue weighted by Crippen LogP contribution is 2.47. The van der Waals surface area contributed by atoms with Crippen molar-refractivity contribution in [3.63, 3.8) is 0 Å². The van der Waals surface area contributed by atoms with E-state index in [-0.39, 0.29) is 0 Å². The highest BCUT2D eigenvalue weighted by molar-refractivity contribution is 6.12. The molecular formula is C40H25N5. The van der Waals surface area contributed by atoms with Gasteiger partial charge in [0.05, 0.1) is 11.2 Å². The Morgan fingerprint density at radius 2 is 0.933 bits per heavy atom. The lowest BCUT2D eigenvalue weighted by Gasteiger charge is -2.12. The Morgan fingerprint density at radius 1 is 0.400 bits per heavy atom. The molecule has 3 heterocycles. The Labute approximate surface area is 260 Å². The zero-order valence-electron chi connectivity index (χ0n) is 24.2. The number of rotatable bonds is 4. The third kappa shape index (κ3) is 4.17. The van der Waals surface area contributed by atoms with E-state index in [9.17, 15) is 0 Å². The molecule has 0 atom stereocenters. The van der Waals surface area contributed by atoms with Crippen molar-refractivity contribution in [1.82, 2.24) is 24.5 Å². The summed E-state index contributed by atoms with van der Waals surface area (Å²) in [4.78, 5) is 19.5. The molecule has 0 saturated carbocycles. The molecule has 0 unspecified atom stereocenters. The summed E-state index contributed by atoms with van der Waals surface area (Å²) in [5, 5.41) is 1.21. The van der Waals surface area contributed by atoms with Crippen LogP contribution in [-0.2, 0) is 0 Å². The van der Waals surface area contributed by atoms with Gasteiger partial charge in [0.25, 0.3) is 0 Å². The molecule has 45 heavy (non-hydrogen) atoms. The maximum absolute atomic E-state index is 4.91. The third-order valence-electron chi connectivity index (χ3n) is 8.50. The first kappa shape index (κ1) is 25.3. The molecule has 5 nitrogen and oxygen atoms in total. The Balaban J connectivity index is 1.19. The van der Waals surface area contributed by atoms with Crippen LogP contribution >= 0.6 is 0 Å². The van der Waals surface area contributed by atoms with Gasteiger partial charge < -0.3 is 4.57 Å². The van der Waals surface area contributed by atoms with Gasteiger partial charge in [0, 0.05) is 51.3 Å². The zero-order chi connectivity index (χ0) is 29.7. The van der Waals surface area contributed by atoms with Crippen LogP contribution in [0.3, 0.4) is 0 Å². The maximum Gasteiger partial charge on any atom is 0.164 e. The topological polar surface area (TPSA) is 56.5 Å². The predicted octanol–water partition coefficient (Wildman–Crippen LogP) is 9.53. The minimum absolute atomic E-state index is 0.638. The molecule has 0 bridgehead atoms. The van der Waals surface area contributed by atoms with Crippen molar-refractivity contribution >= 4 is 10.9 Å². The highest BCUT2D eigenvalue weighted by atomic mass is 15.0. The average Bonchev–Trinajstić information content (AvgIpc) is 3.47. The van der Waals surface area contributed by atoms with Gasteiger partial charge in [-0.05, 0) is 53.1 Å². The van der Waals surface area contributed by atoms with Gasteiger partial charge in [0.15, 0.2) is 17.5 Å². The van der Waals surface area contributed by atoms with E-state index in [4.69, 9.17) is 19.9 Å². The van der Waals surface area contributed by atoms with Crippen LogP contribution < -0.4 is 0 Å². The molecule has 210 valence electrons. The minimum Gasteiger partial charge on any atom is -0.316 e. The molecule has 0 amide bonds. The summed E-state index contributed by atoms with van der Waals surface area (Å²) in [7, 11) is 0. The van der Waals surface area contributed by atoms with Crippen molar-refractivity contribution in [2.75, 3.05) is 0 Å². The number of pyridine rings is 1. The van der Waals surface area contributed by atoms with Crippen molar-refractivity contribution in [3.05, 3.63) is 152 Å². The first-order valence-electron chi connectivity index (χ1n) is 15.0. The first-order chi connectivity index (χ1) is 22.3. The smallest absolute Gasteiger partial charge is 0.164 e. The molecule has 8 aromatic rings. The fourth-order valence-corrected chi connectivity index (χ4v) is 6.40. The number of benzene rings is 5. The van der Waals surface area contributed by atoms with Gasteiger partial charge in [-0.1, -0.05) is 103 Å². The quantitative estimate of drug-likeness (QED) is 0.210. The molecule has 5 heteroatoms. The summed E-state index contributed by atoms with van der Waals surface area (Å²) in [5.41, 5.74) is 12.0. The molecular weight excluding hydrogens is 550 g/mol. The van der Waals surface area contributed by atoms with E-state index in [1.54, 1.807) is 0 Å². The largest absolute Gasteiger partial charge is 0.316 e. The van der Waals surface area contributed by atoms with Gasteiger partial charge in [-0.25, -0.2) is 15.0 Å². The minimum atomic E-state index is 0.638. The normalized spacial score (nSPS) is 11.6. The fraction of sp³-hybridized carbons (Fsp3) is 0. The van der Waals surface area contributed by atoms with E-state index in [1.807, 2.05) is 72.9 Å². The first-order valence-corrected chi connectivity index (χ1v) is 15.0. The Hall–Kier alpha value is -6.20.